The van der Waals surface area contributed by atoms with E-state index in [0.717, 1.165) is 12.8 Å². The highest BCUT2D eigenvalue weighted by Crippen LogP contribution is 2.36. The fourth-order valence-corrected chi connectivity index (χ4v) is 3.28. The minimum Gasteiger partial charge on any atom is -0.481 e. The Balaban J connectivity index is 2.11. The van der Waals surface area contributed by atoms with Crippen LogP contribution < -0.4 is 20.9 Å². The fourth-order valence-electron chi connectivity index (χ4n) is 2.90. The molecule has 0 saturated heterocycles. The minimum absolute atomic E-state index is 0.216. The van der Waals surface area contributed by atoms with E-state index in [1.54, 1.807) is 6.08 Å². The quantitative estimate of drug-likeness (QED) is 0.380. The number of aromatic nitrogens is 1. The molecule has 0 spiro atoms. The van der Waals surface area contributed by atoms with Crippen LogP contribution in [0.5, 0.6) is 5.88 Å². The van der Waals surface area contributed by atoms with E-state index in [-0.39, 0.29) is 12.0 Å². The van der Waals surface area contributed by atoms with Gasteiger partial charge in [0, 0.05) is 12.3 Å². The predicted molar refractivity (Wildman–Crippen MR) is 108 cm³/mol. The third-order valence-electron chi connectivity index (χ3n) is 4.59. The molecule has 0 aliphatic heterocycles. The maximum Gasteiger partial charge on any atom is 0.214 e. The van der Waals surface area contributed by atoms with Gasteiger partial charge in [0.05, 0.1) is 18.5 Å². The second-order valence-corrected chi connectivity index (χ2v) is 7.84. The van der Waals surface area contributed by atoms with Crippen molar-refractivity contribution in [2.45, 2.75) is 45.6 Å². The molecule has 0 amide bonds. The molecule has 144 valence electrons. The summed E-state index contributed by atoms with van der Waals surface area (Å²) in [5.74, 6) is 0.867. The van der Waals surface area contributed by atoms with Crippen molar-refractivity contribution in [2.24, 2.45) is 16.9 Å². The van der Waals surface area contributed by atoms with Gasteiger partial charge >= 0.3 is 0 Å². The molecule has 1 aliphatic carbocycles. The Morgan fingerprint density at radius 2 is 2.00 bits per heavy atom. The number of hydrogen-bond donors (Lipinski definition) is 3. The Hall–Kier alpha value is -2.02. The van der Waals surface area contributed by atoms with E-state index in [1.807, 2.05) is 24.5 Å². The summed E-state index contributed by atoms with van der Waals surface area (Å²) in [5, 5.41) is 0. The van der Waals surface area contributed by atoms with Crippen LogP contribution in [0.15, 0.2) is 35.9 Å². The van der Waals surface area contributed by atoms with E-state index >= 15 is 0 Å². The minimum atomic E-state index is 0.216. The predicted octanol–water partition coefficient (Wildman–Crippen LogP) is 3.37. The maximum atomic E-state index is 6.20. The lowest BCUT2D eigenvalue weighted by Gasteiger charge is -2.34. The molecule has 1 aromatic heterocycles. The molecule has 2 rings (SSSR count). The second-order valence-electron chi connectivity index (χ2n) is 7.23. The largest absolute Gasteiger partial charge is 0.481 e. The molecule has 1 saturated carbocycles. The Kier molecular flexibility index (Phi) is 7.08. The number of ether oxygens (including phenoxy) is 2. The first-order valence-electron chi connectivity index (χ1n) is 8.78. The molecule has 1 aliphatic rings. The van der Waals surface area contributed by atoms with Crippen LogP contribution in [0.25, 0.3) is 5.70 Å². The summed E-state index contributed by atoms with van der Waals surface area (Å²) < 4.78 is 14.2. The molecule has 0 atom stereocenters. The molecular weight excluding hydrogens is 348 g/mol. The Morgan fingerprint density at radius 1 is 1.31 bits per heavy atom. The molecule has 0 unspecified atom stereocenters. The first kappa shape index (κ1) is 20.3. The monoisotopic (exact) mass is 378 g/mol. The Morgan fingerprint density at radius 3 is 2.62 bits per heavy atom. The van der Waals surface area contributed by atoms with Crippen molar-refractivity contribution in [2.75, 3.05) is 13.4 Å². The van der Waals surface area contributed by atoms with Gasteiger partial charge in [-0.15, -0.1) is 0 Å². The standard InChI is InChI=1S/C19H30N4O2S/c1-19(2)10-8-13(9-11-19)25-17-7-5-6-15(22-17)14(20)12-16(23-26-4)18(21)24-3/h5-7,12-13,23H,8-11,20-21H2,1-4H3/b14-12-,18-16-. The zero-order valence-electron chi connectivity index (χ0n) is 16.0. The van der Waals surface area contributed by atoms with Gasteiger partial charge in [0.2, 0.25) is 11.8 Å². The van der Waals surface area contributed by atoms with E-state index in [0.29, 0.717) is 28.4 Å². The lowest BCUT2D eigenvalue weighted by atomic mass is 9.76. The number of methoxy groups -OCH3 is 1. The molecule has 0 radical (unpaired) electrons. The smallest absolute Gasteiger partial charge is 0.214 e. The second kappa shape index (κ2) is 9.07. The highest BCUT2D eigenvalue weighted by Gasteiger charge is 2.28. The Bertz CT molecular complexity index is 663. The van der Waals surface area contributed by atoms with Crippen LogP contribution in [-0.2, 0) is 4.74 Å². The molecule has 1 fully saturated rings. The number of pyridine rings is 1. The zero-order chi connectivity index (χ0) is 19.2. The molecule has 0 bridgehead atoms. The van der Waals surface area contributed by atoms with Gasteiger partial charge in [-0.25, -0.2) is 4.98 Å². The molecule has 1 heterocycles. The number of nitrogens with two attached hydrogens (primary N) is 2. The number of nitrogens with zero attached hydrogens (tertiary/aromatic N) is 1. The Labute approximate surface area is 160 Å². The SMILES string of the molecule is CO/C(N)=C(/C=C(\N)c1cccc(OC2CCC(C)(C)CC2)n1)NSC. The van der Waals surface area contributed by atoms with Gasteiger partial charge in [-0.2, -0.15) is 0 Å². The van der Waals surface area contributed by atoms with Gasteiger partial charge in [-0.3, -0.25) is 0 Å². The summed E-state index contributed by atoms with van der Waals surface area (Å²) in [6.45, 7) is 4.63. The van der Waals surface area contributed by atoms with Gasteiger partial charge in [0.1, 0.15) is 11.8 Å². The highest BCUT2D eigenvalue weighted by molar-refractivity contribution is 7.96. The average molecular weight is 379 g/mol. The van der Waals surface area contributed by atoms with Crippen LogP contribution in [-0.4, -0.2) is 24.5 Å². The molecule has 7 heteroatoms. The van der Waals surface area contributed by atoms with Gasteiger partial charge in [-0.1, -0.05) is 31.9 Å². The van der Waals surface area contributed by atoms with Crippen molar-refractivity contribution in [3.05, 3.63) is 41.5 Å². The van der Waals surface area contributed by atoms with E-state index in [1.165, 1.54) is 31.9 Å². The summed E-state index contributed by atoms with van der Waals surface area (Å²) in [4.78, 5) is 4.55. The number of hydrogen-bond acceptors (Lipinski definition) is 7. The van der Waals surface area contributed by atoms with E-state index in [4.69, 9.17) is 20.9 Å². The third kappa shape index (κ3) is 5.76. The molecular formula is C19H30N4O2S. The molecule has 1 aromatic rings. The number of nitrogens with one attached hydrogen (secondary N) is 1. The molecule has 0 aromatic carbocycles. The summed E-state index contributed by atoms with van der Waals surface area (Å²) in [5.41, 5.74) is 14.2. The van der Waals surface area contributed by atoms with Crippen molar-refractivity contribution < 1.29 is 9.47 Å². The van der Waals surface area contributed by atoms with E-state index in [2.05, 4.69) is 23.6 Å². The van der Waals surface area contributed by atoms with Crippen molar-refractivity contribution >= 4 is 17.6 Å². The fraction of sp³-hybridized carbons (Fsp3) is 0.526. The summed E-state index contributed by atoms with van der Waals surface area (Å²) in [6, 6.07) is 5.62. The van der Waals surface area contributed by atoms with Gasteiger partial charge in [0.15, 0.2) is 0 Å². The lowest BCUT2D eigenvalue weighted by Crippen LogP contribution is -2.28. The van der Waals surface area contributed by atoms with E-state index < -0.39 is 0 Å². The van der Waals surface area contributed by atoms with Crippen LogP contribution in [0, 0.1) is 5.41 Å². The zero-order valence-corrected chi connectivity index (χ0v) is 16.9. The summed E-state index contributed by atoms with van der Waals surface area (Å²) in [7, 11) is 1.51. The van der Waals surface area contributed by atoms with Crippen molar-refractivity contribution in [3.63, 3.8) is 0 Å². The van der Waals surface area contributed by atoms with Gasteiger partial charge in [0.25, 0.3) is 0 Å². The van der Waals surface area contributed by atoms with Crippen LogP contribution in [0.1, 0.15) is 45.2 Å². The normalized spacial score (nSPS) is 18.8. The van der Waals surface area contributed by atoms with Crippen molar-refractivity contribution in [1.82, 2.24) is 9.71 Å². The highest BCUT2D eigenvalue weighted by atomic mass is 32.2. The number of rotatable bonds is 7. The topological polar surface area (TPSA) is 95.4 Å². The van der Waals surface area contributed by atoms with E-state index in [9.17, 15) is 0 Å². The molecule has 5 N–H and O–H groups in total. The van der Waals surface area contributed by atoms with Crippen LogP contribution in [0.3, 0.4) is 0 Å². The van der Waals surface area contributed by atoms with Crippen LogP contribution in [0.4, 0.5) is 0 Å². The van der Waals surface area contributed by atoms with Crippen molar-refractivity contribution in [1.29, 1.82) is 0 Å². The molecule has 26 heavy (non-hydrogen) atoms. The summed E-state index contributed by atoms with van der Waals surface area (Å²) in [6.07, 6.45) is 8.27. The van der Waals surface area contributed by atoms with Crippen molar-refractivity contribution in [3.8, 4) is 5.88 Å². The third-order valence-corrected chi connectivity index (χ3v) is 5.01. The number of allylic oxidation sites excluding steroid dienone is 1. The first-order chi connectivity index (χ1) is 12.3. The maximum absolute atomic E-state index is 6.20. The lowest BCUT2D eigenvalue weighted by molar-refractivity contribution is 0.0948. The average Bonchev–Trinajstić information content (AvgIpc) is 2.62. The van der Waals surface area contributed by atoms with Crippen LogP contribution in [0.2, 0.25) is 0 Å². The summed E-state index contributed by atoms with van der Waals surface area (Å²) >= 11 is 1.40. The van der Waals surface area contributed by atoms with Crippen LogP contribution >= 0.6 is 11.9 Å². The van der Waals surface area contributed by atoms with Gasteiger partial charge in [-0.05, 0) is 43.2 Å². The van der Waals surface area contributed by atoms with Gasteiger partial charge < -0.3 is 25.7 Å². The molecule has 6 nitrogen and oxygen atoms in total. The first-order valence-corrected chi connectivity index (χ1v) is 10.0.